The highest BCUT2D eigenvalue weighted by Crippen LogP contribution is 2.32. The van der Waals surface area contributed by atoms with Crippen LogP contribution in [0.1, 0.15) is 25.5 Å². The van der Waals surface area contributed by atoms with Crippen molar-refractivity contribution >= 4 is 17.0 Å². The molecule has 0 spiro atoms. The second-order valence-electron chi connectivity index (χ2n) is 6.98. The van der Waals surface area contributed by atoms with Crippen LogP contribution in [-0.2, 0) is 9.47 Å². The number of nitrogens with zero attached hydrogens (tertiary/aromatic N) is 4. The van der Waals surface area contributed by atoms with Gasteiger partial charge in [0, 0.05) is 13.2 Å². The molecule has 148 valence electrons. The highest BCUT2D eigenvalue weighted by atomic mass is 16.6. The Morgan fingerprint density at radius 2 is 2.11 bits per heavy atom. The van der Waals surface area contributed by atoms with Crippen LogP contribution >= 0.6 is 0 Å². The Kier molecular flexibility index (Phi) is 5.28. The molecule has 0 saturated carbocycles. The lowest BCUT2D eigenvalue weighted by Gasteiger charge is -2.17. The van der Waals surface area contributed by atoms with E-state index in [0.29, 0.717) is 17.0 Å². The molecular weight excluding hydrogens is 362 g/mol. The molecule has 4 rings (SSSR count). The number of fused-ring (bicyclic) bond motifs is 1. The molecule has 1 aliphatic carbocycles. The minimum atomic E-state index is -1.18. The number of anilines is 1. The lowest BCUT2D eigenvalue weighted by Crippen LogP contribution is -2.30. The number of aliphatic hydroxyl groups is 2. The molecule has 1 fully saturated rings. The van der Waals surface area contributed by atoms with Gasteiger partial charge in [-0.05, 0) is 19.3 Å². The van der Waals surface area contributed by atoms with Gasteiger partial charge in [0.2, 0.25) is 0 Å². The molecule has 0 bridgehead atoms. The summed E-state index contributed by atoms with van der Waals surface area (Å²) in [5, 5.41) is 23.7. The quantitative estimate of drug-likeness (QED) is 0.518. The number of terminal acetylenes is 1. The third-order valence-electron chi connectivity index (χ3n) is 5.22. The first-order chi connectivity index (χ1) is 13.6. The van der Waals surface area contributed by atoms with Crippen LogP contribution in [0.2, 0.25) is 0 Å². The van der Waals surface area contributed by atoms with Gasteiger partial charge in [0.25, 0.3) is 0 Å². The highest BCUT2D eigenvalue weighted by Gasteiger charge is 2.43. The van der Waals surface area contributed by atoms with Crippen molar-refractivity contribution in [1.29, 1.82) is 0 Å². The number of hydrogen-bond donors (Lipinski definition) is 3. The van der Waals surface area contributed by atoms with Gasteiger partial charge >= 0.3 is 0 Å². The van der Waals surface area contributed by atoms with Gasteiger partial charge in [-0.3, -0.25) is 4.57 Å². The maximum Gasteiger partial charge on any atom is 0.167 e. The second kappa shape index (κ2) is 7.85. The van der Waals surface area contributed by atoms with Crippen LogP contribution in [0.3, 0.4) is 0 Å². The zero-order valence-corrected chi connectivity index (χ0v) is 15.5. The largest absolute Gasteiger partial charge is 0.386 e. The van der Waals surface area contributed by atoms with Crippen LogP contribution in [0.5, 0.6) is 0 Å². The van der Waals surface area contributed by atoms with E-state index >= 15 is 0 Å². The molecule has 2 aliphatic rings. The third kappa shape index (κ3) is 3.36. The average molecular weight is 385 g/mol. The maximum atomic E-state index is 10.3. The molecule has 3 heterocycles. The first kappa shape index (κ1) is 18.8. The van der Waals surface area contributed by atoms with Gasteiger partial charge in [0.1, 0.15) is 24.6 Å². The Hall–Kier alpha value is -2.51. The van der Waals surface area contributed by atoms with Crippen molar-refractivity contribution in [3.8, 4) is 12.3 Å². The third-order valence-corrected chi connectivity index (χ3v) is 5.22. The smallest absolute Gasteiger partial charge is 0.167 e. The number of methoxy groups -OCH3 is 1. The van der Waals surface area contributed by atoms with E-state index in [0.717, 1.165) is 19.3 Å². The standard InChI is InChI=1S/C19H23N5O4/c1-3-13-15(25)16(26)19(28-13)24-10-22-14-17(20-9-21-18(14)24)23-11-5-4-6-12(27-2)8-7-11/h1,7-13,15-16,19,25-26H,4-6H2,2H3,(H,20,21,23)/t11-,12+,13-,15-,16-,19-/m1/s1. The molecule has 3 N–H and O–H groups in total. The minimum Gasteiger partial charge on any atom is -0.386 e. The zero-order chi connectivity index (χ0) is 19.7. The van der Waals surface area contributed by atoms with Crippen LogP contribution in [0.25, 0.3) is 11.2 Å². The number of rotatable bonds is 4. The van der Waals surface area contributed by atoms with Gasteiger partial charge in [0.15, 0.2) is 23.2 Å². The molecule has 1 aliphatic heterocycles. The van der Waals surface area contributed by atoms with Gasteiger partial charge in [-0.1, -0.05) is 18.1 Å². The molecule has 28 heavy (non-hydrogen) atoms. The molecule has 2 aromatic heterocycles. The molecule has 2 aromatic rings. The van der Waals surface area contributed by atoms with Crippen LogP contribution < -0.4 is 5.32 Å². The van der Waals surface area contributed by atoms with E-state index in [1.54, 1.807) is 11.7 Å². The molecule has 0 radical (unpaired) electrons. The molecule has 0 unspecified atom stereocenters. The van der Waals surface area contributed by atoms with Gasteiger partial charge in [-0.15, -0.1) is 6.42 Å². The monoisotopic (exact) mass is 385 g/mol. The lowest BCUT2D eigenvalue weighted by atomic mass is 10.1. The van der Waals surface area contributed by atoms with E-state index in [9.17, 15) is 10.2 Å². The Morgan fingerprint density at radius 1 is 1.25 bits per heavy atom. The number of ether oxygens (including phenoxy) is 2. The Balaban J connectivity index is 1.60. The SMILES string of the molecule is C#C[C@H]1O[C@@H](n2cnc3c(N[C@H]4C=C[C@@H](OC)CCC4)ncnc32)[C@H](O)[C@@H]1O. The van der Waals surface area contributed by atoms with E-state index in [1.807, 2.05) is 0 Å². The summed E-state index contributed by atoms with van der Waals surface area (Å²) in [7, 11) is 1.71. The summed E-state index contributed by atoms with van der Waals surface area (Å²) in [6.07, 6.45) is 11.4. The summed E-state index contributed by atoms with van der Waals surface area (Å²) in [5.41, 5.74) is 1.04. The molecular formula is C19H23N5O4. The number of aromatic nitrogens is 4. The predicted molar refractivity (Wildman–Crippen MR) is 101 cm³/mol. The van der Waals surface area contributed by atoms with Gasteiger partial charge < -0.3 is 25.0 Å². The number of nitrogens with one attached hydrogen (secondary N) is 1. The highest BCUT2D eigenvalue weighted by molar-refractivity contribution is 5.83. The van der Waals surface area contributed by atoms with Crippen LogP contribution in [0.15, 0.2) is 24.8 Å². The van der Waals surface area contributed by atoms with Crippen molar-refractivity contribution in [3.05, 3.63) is 24.8 Å². The van der Waals surface area contributed by atoms with Crippen molar-refractivity contribution in [1.82, 2.24) is 19.5 Å². The molecule has 1 saturated heterocycles. The molecule has 9 nitrogen and oxygen atoms in total. The summed E-state index contributed by atoms with van der Waals surface area (Å²) >= 11 is 0. The Bertz CT molecular complexity index is 907. The predicted octanol–water partition coefficient (Wildman–Crippen LogP) is 0.614. The van der Waals surface area contributed by atoms with Crippen molar-refractivity contribution in [2.75, 3.05) is 12.4 Å². The first-order valence-corrected chi connectivity index (χ1v) is 9.25. The summed E-state index contributed by atoms with van der Waals surface area (Å²) in [5.74, 6) is 2.93. The van der Waals surface area contributed by atoms with Crippen LogP contribution in [-0.4, -0.2) is 67.3 Å². The normalized spacial score (nSPS) is 32.9. The summed E-state index contributed by atoms with van der Waals surface area (Å²) in [4.78, 5) is 13.0. The van der Waals surface area contributed by atoms with Crippen molar-refractivity contribution in [3.63, 3.8) is 0 Å². The molecule has 0 aromatic carbocycles. The van der Waals surface area contributed by atoms with Gasteiger partial charge in [0.05, 0.1) is 12.4 Å². The van der Waals surface area contributed by atoms with E-state index in [-0.39, 0.29) is 12.1 Å². The number of imidazole rings is 1. The minimum absolute atomic E-state index is 0.101. The van der Waals surface area contributed by atoms with E-state index in [4.69, 9.17) is 15.9 Å². The number of aliphatic hydroxyl groups excluding tert-OH is 2. The first-order valence-electron chi connectivity index (χ1n) is 9.25. The fourth-order valence-corrected chi connectivity index (χ4v) is 3.65. The van der Waals surface area contributed by atoms with Crippen molar-refractivity contribution in [2.24, 2.45) is 0 Å². The van der Waals surface area contributed by atoms with Crippen LogP contribution in [0.4, 0.5) is 5.82 Å². The number of hydrogen-bond acceptors (Lipinski definition) is 8. The van der Waals surface area contributed by atoms with Gasteiger partial charge in [-0.25, -0.2) is 15.0 Å². The fraction of sp³-hybridized carbons (Fsp3) is 0.526. The van der Waals surface area contributed by atoms with E-state index in [2.05, 4.69) is 38.3 Å². The van der Waals surface area contributed by atoms with E-state index in [1.165, 1.54) is 12.7 Å². The molecule has 9 heteroatoms. The Morgan fingerprint density at radius 3 is 2.86 bits per heavy atom. The summed E-state index contributed by atoms with van der Waals surface area (Å²) < 4.78 is 12.6. The van der Waals surface area contributed by atoms with Gasteiger partial charge in [-0.2, -0.15) is 0 Å². The molecule has 6 atom stereocenters. The summed E-state index contributed by atoms with van der Waals surface area (Å²) in [6, 6.07) is 0.101. The second-order valence-corrected chi connectivity index (χ2v) is 6.98. The maximum absolute atomic E-state index is 10.3. The Labute approximate surface area is 162 Å². The van der Waals surface area contributed by atoms with E-state index < -0.39 is 24.5 Å². The average Bonchev–Trinajstić information content (AvgIpc) is 3.16. The summed E-state index contributed by atoms with van der Waals surface area (Å²) in [6.45, 7) is 0. The lowest BCUT2D eigenvalue weighted by molar-refractivity contribution is -0.0230. The fourth-order valence-electron chi connectivity index (χ4n) is 3.65. The van der Waals surface area contributed by atoms with Crippen molar-refractivity contribution < 1.29 is 19.7 Å². The topological polar surface area (TPSA) is 115 Å². The zero-order valence-electron chi connectivity index (χ0n) is 15.5. The molecule has 0 amide bonds. The van der Waals surface area contributed by atoms with Crippen LogP contribution in [0, 0.1) is 12.3 Å². The van der Waals surface area contributed by atoms with Crippen molar-refractivity contribution in [2.45, 2.75) is 55.9 Å².